The van der Waals surface area contributed by atoms with Gasteiger partial charge in [-0.15, -0.1) is 0 Å². The van der Waals surface area contributed by atoms with Gasteiger partial charge in [-0.3, -0.25) is 4.98 Å². The first-order chi connectivity index (χ1) is 8.70. The molecule has 0 amide bonds. The van der Waals surface area contributed by atoms with Gasteiger partial charge < -0.3 is 0 Å². The molecule has 0 aliphatic carbocycles. The van der Waals surface area contributed by atoms with Crippen molar-refractivity contribution >= 4 is 0 Å². The number of rotatable bonds is 4. The Morgan fingerprint density at radius 2 is 1.61 bits per heavy atom. The van der Waals surface area contributed by atoms with Gasteiger partial charge in [0.05, 0.1) is 0 Å². The second-order valence-electron chi connectivity index (χ2n) is 5.07. The molecule has 0 atom stereocenters. The molecule has 1 nitrogen and oxygen atoms in total. The summed E-state index contributed by atoms with van der Waals surface area (Å²) in [4.78, 5) is 4.51. The average molecular weight is 239 g/mol. The molecule has 0 unspecified atom stereocenters. The third kappa shape index (κ3) is 2.98. The number of hydrogen-bond donors (Lipinski definition) is 0. The Balaban J connectivity index is 2.20. The fourth-order valence-electron chi connectivity index (χ4n) is 2.07. The molecule has 2 aromatic rings. The largest absolute Gasteiger partial charge is 0.260 e. The summed E-state index contributed by atoms with van der Waals surface area (Å²) in [7, 11) is 0. The van der Waals surface area contributed by atoms with Crippen LogP contribution in [0.1, 0.15) is 44.4 Å². The van der Waals surface area contributed by atoms with Crippen LogP contribution in [-0.4, -0.2) is 4.98 Å². The molecule has 0 radical (unpaired) electrons. The molecule has 1 heterocycles. The molecule has 0 aliphatic rings. The van der Waals surface area contributed by atoms with Crippen LogP contribution >= 0.6 is 0 Å². The van der Waals surface area contributed by atoms with Crippen molar-refractivity contribution in [3.05, 3.63) is 53.9 Å². The normalized spacial score (nSPS) is 10.9. The molecule has 94 valence electrons. The van der Waals surface area contributed by atoms with Crippen LogP contribution in [0.3, 0.4) is 0 Å². The standard InChI is InChI=1S/C17H21N/c1-4-5-14-6-8-15(9-7-14)16-10-11-17(13(2)3)18-12-16/h6-13H,4-5H2,1-3H3. The van der Waals surface area contributed by atoms with Gasteiger partial charge in [-0.25, -0.2) is 0 Å². The highest BCUT2D eigenvalue weighted by atomic mass is 14.7. The Hall–Kier alpha value is -1.63. The second kappa shape index (κ2) is 5.81. The summed E-state index contributed by atoms with van der Waals surface area (Å²) in [6.45, 7) is 6.55. The van der Waals surface area contributed by atoms with Crippen LogP contribution in [0.5, 0.6) is 0 Å². The van der Waals surface area contributed by atoms with E-state index in [-0.39, 0.29) is 0 Å². The lowest BCUT2D eigenvalue weighted by atomic mass is 10.0. The smallest absolute Gasteiger partial charge is 0.0429 e. The Morgan fingerprint density at radius 1 is 0.944 bits per heavy atom. The summed E-state index contributed by atoms with van der Waals surface area (Å²) in [5.74, 6) is 0.492. The lowest BCUT2D eigenvalue weighted by molar-refractivity contribution is 0.823. The number of aromatic nitrogens is 1. The zero-order valence-electron chi connectivity index (χ0n) is 11.5. The Kier molecular flexibility index (Phi) is 4.14. The van der Waals surface area contributed by atoms with Crippen molar-refractivity contribution in [2.75, 3.05) is 0 Å². The first-order valence-corrected chi connectivity index (χ1v) is 6.76. The van der Waals surface area contributed by atoms with Gasteiger partial charge in [-0.2, -0.15) is 0 Å². The van der Waals surface area contributed by atoms with Gasteiger partial charge in [-0.1, -0.05) is 57.5 Å². The van der Waals surface area contributed by atoms with Crippen molar-refractivity contribution < 1.29 is 0 Å². The van der Waals surface area contributed by atoms with Crippen LogP contribution in [0.2, 0.25) is 0 Å². The molecule has 0 bridgehead atoms. The minimum absolute atomic E-state index is 0.492. The number of aryl methyl sites for hydroxylation is 1. The first kappa shape index (κ1) is 12.8. The van der Waals surface area contributed by atoms with E-state index in [1.54, 1.807) is 0 Å². The maximum Gasteiger partial charge on any atom is 0.0429 e. The van der Waals surface area contributed by atoms with Crippen LogP contribution in [0, 0.1) is 0 Å². The Morgan fingerprint density at radius 3 is 2.11 bits per heavy atom. The van der Waals surface area contributed by atoms with Crippen LogP contribution in [-0.2, 0) is 6.42 Å². The molecule has 18 heavy (non-hydrogen) atoms. The molecular formula is C17H21N. The highest BCUT2D eigenvalue weighted by Gasteiger charge is 2.02. The quantitative estimate of drug-likeness (QED) is 0.745. The van der Waals surface area contributed by atoms with Gasteiger partial charge in [0.15, 0.2) is 0 Å². The highest BCUT2D eigenvalue weighted by molar-refractivity contribution is 5.62. The number of hydrogen-bond acceptors (Lipinski definition) is 1. The van der Waals surface area contributed by atoms with Gasteiger partial charge in [0.1, 0.15) is 0 Å². The third-order valence-electron chi connectivity index (χ3n) is 3.20. The third-order valence-corrected chi connectivity index (χ3v) is 3.20. The number of pyridine rings is 1. The molecule has 1 heteroatoms. The number of nitrogens with zero attached hydrogens (tertiary/aromatic N) is 1. The van der Waals surface area contributed by atoms with Crippen LogP contribution in [0.15, 0.2) is 42.6 Å². The molecule has 2 rings (SSSR count). The zero-order valence-corrected chi connectivity index (χ0v) is 11.5. The van der Waals surface area contributed by atoms with E-state index in [4.69, 9.17) is 0 Å². The van der Waals surface area contributed by atoms with Crippen molar-refractivity contribution in [1.29, 1.82) is 0 Å². The summed E-state index contributed by atoms with van der Waals surface area (Å²) >= 11 is 0. The maximum atomic E-state index is 4.51. The molecule has 0 fully saturated rings. The minimum atomic E-state index is 0.492. The summed E-state index contributed by atoms with van der Waals surface area (Å²) < 4.78 is 0. The number of benzene rings is 1. The van der Waals surface area contributed by atoms with E-state index in [0.717, 1.165) is 12.1 Å². The zero-order chi connectivity index (χ0) is 13.0. The summed E-state index contributed by atoms with van der Waals surface area (Å²) in [5, 5.41) is 0. The van der Waals surface area contributed by atoms with Crippen LogP contribution in [0.25, 0.3) is 11.1 Å². The monoisotopic (exact) mass is 239 g/mol. The Labute approximate surface area is 110 Å². The lowest BCUT2D eigenvalue weighted by Crippen LogP contribution is -1.92. The van der Waals surface area contributed by atoms with Gasteiger partial charge in [-0.05, 0) is 29.5 Å². The molecular weight excluding hydrogens is 218 g/mol. The van der Waals surface area contributed by atoms with Crippen LogP contribution < -0.4 is 0 Å². The van der Waals surface area contributed by atoms with Crippen molar-refractivity contribution in [2.45, 2.75) is 39.5 Å². The van der Waals surface area contributed by atoms with Gasteiger partial charge in [0.25, 0.3) is 0 Å². The van der Waals surface area contributed by atoms with Gasteiger partial charge >= 0.3 is 0 Å². The van der Waals surface area contributed by atoms with Gasteiger partial charge in [0.2, 0.25) is 0 Å². The van der Waals surface area contributed by atoms with Gasteiger partial charge in [0, 0.05) is 17.5 Å². The predicted octanol–water partition coefficient (Wildman–Crippen LogP) is 4.82. The van der Waals surface area contributed by atoms with E-state index < -0.39 is 0 Å². The van der Waals surface area contributed by atoms with Crippen LogP contribution in [0.4, 0.5) is 0 Å². The molecule has 1 aromatic carbocycles. The summed E-state index contributed by atoms with van der Waals surface area (Å²) in [5.41, 5.74) is 5.01. The lowest BCUT2D eigenvalue weighted by Gasteiger charge is -2.07. The van der Waals surface area contributed by atoms with E-state index in [2.05, 4.69) is 62.2 Å². The predicted molar refractivity (Wildman–Crippen MR) is 77.8 cm³/mol. The fourth-order valence-corrected chi connectivity index (χ4v) is 2.07. The van der Waals surface area contributed by atoms with E-state index in [9.17, 15) is 0 Å². The molecule has 0 N–H and O–H groups in total. The second-order valence-corrected chi connectivity index (χ2v) is 5.07. The van der Waals surface area contributed by atoms with E-state index in [0.29, 0.717) is 5.92 Å². The topological polar surface area (TPSA) is 12.9 Å². The fraction of sp³-hybridized carbons (Fsp3) is 0.353. The molecule has 0 saturated carbocycles. The van der Waals surface area contributed by atoms with Crippen molar-refractivity contribution in [3.8, 4) is 11.1 Å². The maximum absolute atomic E-state index is 4.51. The minimum Gasteiger partial charge on any atom is -0.260 e. The van der Waals surface area contributed by atoms with E-state index >= 15 is 0 Å². The van der Waals surface area contributed by atoms with Crippen molar-refractivity contribution in [3.63, 3.8) is 0 Å². The summed E-state index contributed by atoms with van der Waals surface area (Å²) in [6, 6.07) is 13.1. The molecule has 1 aromatic heterocycles. The molecule has 0 spiro atoms. The Bertz CT molecular complexity index is 480. The average Bonchev–Trinajstić information content (AvgIpc) is 2.40. The molecule has 0 saturated heterocycles. The highest BCUT2D eigenvalue weighted by Crippen LogP contribution is 2.21. The summed E-state index contributed by atoms with van der Waals surface area (Å²) in [6.07, 6.45) is 4.33. The van der Waals surface area contributed by atoms with Crippen molar-refractivity contribution in [2.24, 2.45) is 0 Å². The van der Waals surface area contributed by atoms with E-state index in [1.807, 2.05) is 6.20 Å². The van der Waals surface area contributed by atoms with Crippen molar-refractivity contribution in [1.82, 2.24) is 4.98 Å². The molecule has 0 aliphatic heterocycles. The van der Waals surface area contributed by atoms with E-state index in [1.165, 1.54) is 23.1 Å². The SMILES string of the molecule is CCCc1ccc(-c2ccc(C(C)C)nc2)cc1. The first-order valence-electron chi connectivity index (χ1n) is 6.76.